The Morgan fingerprint density at radius 2 is 1.62 bits per heavy atom. The van der Waals surface area contributed by atoms with Crippen LogP contribution in [0.2, 0.25) is 5.02 Å². The minimum Gasteiger partial charge on any atom is -0.508 e. The third kappa shape index (κ3) is 4.17. The van der Waals surface area contributed by atoms with Crippen molar-refractivity contribution in [2.45, 2.75) is 13.8 Å². The van der Waals surface area contributed by atoms with Crippen LogP contribution in [-0.4, -0.2) is 22.0 Å². The molecule has 6 heteroatoms. The van der Waals surface area contributed by atoms with Gasteiger partial charge < -0.3 is 10.2 Å². The molecule has 0 fully saturated rings. The number of fused-ring (bicyclic) bond motifs is 1. The molecule has 4 nitrogen and oxygen atoms in total. The van der Waals surface area contributed by atoms with Gasteiger partial charge in [0.1, 0.15) is 5.75 Å². The van der Waals surface area contributed by atoms with Crippen LogP contribution in [-0.2, 0) is 4.79 Å². The van der Waals surface area contributed by atoms with Crippen molar-refractivity contribution in [1.82, 2.24) is 0 Å². The molecule has 3 aromatic carbocycles. The molecule has 0 aliphatic rings. The highest BCUT2D eigenvalue weighted by Crippen LogP contribution is 2.42. The molecule has 0 aliphatic carbocycles. The average Bonchev–Trinajstić information content (AvgIpc) is 3.10. The first-order valence-electron chi connectivity index (χ1n) is 9.83. The van der Waals surface area contributed by atoms with E-state index in [1.165, 1.54) is 17.4 Å². The number of rotatable bonds is 5. The van der Waals surface area contributed by atoms with Crippen molar-refractivity contribution in [2.75, 3.05) is 0 Å². The first-order valence-corrected chi connectivity index (χ1v) is 11.0. The zero-order valence-electron chi connectivity index (χ0n) is 17.3. The highest BCUT2D eigenvalue weighted by atomic mass is 35.5. The second kappa shape index (κ2) is 8.61. The van der Waals surface area contributed by atoms with Crippen LogP contribution in [0.1, 0.15) is 31.9 Å². The van der Waals surface area contributed by atoms with E-state index in [1.54, 1.807) is 24.3 Å². The summed E-state index contributed by atoms with van der Waals surface area (Å²) in [7, 11) is 0. The van der Waals surface area contributed by atoms with E-state index in [0.717, 1.165) is 44.0 Å². The fraction of sp³-hybridized carbons (Fsp3) is 0.0769. The molecule has 2 N–H and O–H groups in total. The van der Waals surface area contributed by atoms with E-state index >= 15 is 0 Å². The largest absolute Gasteiger partial charge is 0.508 e. The highest BCUT2D eigenvalue weighted by molar-refractivity contribution is 7.21. The van der Waals surface area contributed by atoms with Crippen LogP contribution in [0.25, 0.3) is 27.3 Å². The summed E-state index contributed by atoms with van der Waals surface area (Å²) >= 11 is 7.50. The molecule has 0 aliphatic heterocycles. The summed E-state index contributed by atoms with van der Waals surface area (Å²) in [5.74, 6) is -0.973. The molecule has 160 valence electrons. The Morgan fingerprint density at radius 3 is 2.25 bits per heavy atom. The van der Waals surface area contributed by atoms with Crippen molar-refractivity contribution in [1.29, 1.82) is 0 Å². The molecule has 4 rings (SSSR count). The minimum atomic E-state index is -1.01. The summed E-state index contributed by atoms with van der Waals surface area (Å²) in [5.41, 5.74) is 4.60. The van der Waals surface area contributed by atoms with Gasteiger partial charge in [-0.2, -0.15) is 0 Å². The molecule has 0 amide bonds. The van der Waals surface area contributed by atoms with E-state index in [9.17, 15) is 14.7 Å². The van der Waals surface area contributed by atoms with Crippen LogP contribution >= 0.6 is 22.9 Å². The summed E-state index contributed by atoms with van der Waals surface area (Å²) in [5, 5.41) is 20.3. The smallest absolute Gasteiger partial charge is 0.328 e. The zero-order valence-corrected chi connectivity index (χ0v) is 18.9. The second-order valence-corrected chi connectivity index (χ2v) is 9.01. The van der Waals surface area contributed by atoms with Crippen LogP contribution in [0, 0.1) is 13.8 Å². The van der Waals surface area contributed by atoms with Gasteiger partial charge in [-0.05, 0) is 72.5 Å². The molecule has 0 radical (unpaired) electrons. The topological polar surface area (TPSA) is 74.6 Å². The van der Waals surface area contributed by atoms with Gasteiger partial charge in [-0.1, -0.05) is 35.9 Å². The molecule has 0 unspecified atom stereocenters. The Kier molecular flexibility index (Phi) is 5.87. The van der Waals surface area contributed by atoms with E-state index in [0.29, 0.717) is 15.5 Å². The average molecular weight is 463 g/mol. The standard InChI is InChI=1S/C26H19ClO4S/c1-14-11-18(27)12-15(2)23(14)25(31)26-24(20-9-8-19(28)13-21(20)32-26)17-6-3-16(4-7-17)5-10-22(29)30/h3-13,28H,1-2H3,(H,29,30)/b10-5+. The monoisotopic (exact) mass is 462 g/mol. The van der Waals surface area contributed by atoms with Gasteiger partial charge in [-0.25, -0.2) is 4.79 Å². The number of hydrogen-bond acceptors (Lipinski definition) is 4. The van der Waals surface area contributed by atoms with Crippen LogP contribution in [0.4, 0.5) is 0 Å². The first kappa shape index (κ1) is 21.8. The minimum absolute atomic E-state index is 0.0952. The van der Waals surface area contributed by atoms with Gasteiger partial charge in [-0.15, -0.1) is 11.3 Å². The number of phenols is 1. The Morgan fingerprint density at radius 1 is 0.969 bits per heavy atom. The number of halogens is 1. The van der Waals surface area contributed by atoms with E-state index in [1.807, 2.05) is 44.2 Å². The van der Waals surface area contributed by atoms with Crippen LogP contribution < -0.4 is 0 Å². The van der Waals surface area contributed by atoms with Crippen LogP contribution in [0.15, 0.2) is 60.7 Å². The third-order valence-corrected chi connectivity index (χ3v) is 6.59. The Bertz CT molecular complexity index is 1370. The Labute approximate surface area is 194 Å². The Hall–Kier alpha value is -3.41. The first-order chi connectivity index (χ1) is 15.2. The lowest BCUT2D eigenvalue weighted by Crippen LogP contribution is -2.06. The van der Waals surface area contributed by atoms with E-state index in [2.05, 4.69) is 0 Å². The van der Waals surface area contributed by atoms with E-state index < -0.39 is 5.97 Å². The predicted molar refractivity (Wildman–Crippen MR) is 130 cm³/mol. The quantitative estimate of drug-likeness (QED) is 0.250. The summed E-state index contributed by atoms with van der Waals surface area (Å²) in [6, 6.07) is 16.0. The van der Waals surface area contributed by atoms with Crippen molar-refractivity contribution < 1.29 is 19.8 Å². The number of aliphatic carboxylic acids is 1. The number of carboxylic acids is 1. The molecule has 0 atom stereocenters. The van der Waals surface area contributed by atoms with Gasteiger partial charge in [0.15, 0.2) is 0 Å². The molecule has 4 aromatic rings. The number of phenolic OH excluding ortho intramolecular Hbond substituents is 1. The number of ketones is 1. The Balaban J connectivity index is 1.90. The molecule has 0 saturated carbocycles. The van der Waals surface area contributed by atoms with Crippen LogP contribution in [0.3, 0.4) is 0 Å². The van der Waals surface area contributed by atoms with Crippen molar-refractivity contribution in [3.8, 4) is 16.9 Å². The van der Waals surface area contributed by atoms with Crippen molar-refractivity contribution in [3.05, 3.63) is 92.8 Å². The van der Waals surface area contributed by atoms with Gasteiger partial charge in [0.05, 0.1) is 4.88 Å². The number of benzene rings is 3. The van der Waals surface area contributed by atoms with E-state index in [-0.39, 0.29) is 11.5 Å². The molecule has 1 aromatic heterocycles. The lowest BCUT2D eigenvalue weighted by Gasteiger charge is -2.11. The molecule has 1 heterocycles. The normalized spacial score (nSPS) is 11.3. The number of aryl methyl sites for hydroxylation is 2. The van der Waals surface area contributed by atoms with Crippen molar-refractivity contribution >= 4 is 50.9 Å². The third-order valence-electron chi connectivity index (χ3n) is 5.22. The lowest BCUT2D eigenvalue weighted by molar-refractivity contribution is -0.131. The number of carboxylic acid groups (broad SMARTS) is 1. The summed E-state index contributed by atoms with van der Waals surface area (Å²) in [6.45, 7) is 3.74. The van der Waals surface area contributed by atoms with Crippen molar-refractivity contribution in [2.24, 2.45) is 0 Å². The number of hydrogen-bond donors (Lipinski definition) is 2. The molecular formula is C26H19ClO4S. The molecule has 0 saturated heterocycles. The summed E-state index contributed by atoms with van der Waals surface area (Å²) in [4.78, 5) is 25.1. The lowest BCUT2D eigenvalue weighted by atomic mass is 9.93. The molecule has 32 heavy (non-hydrogen) atoms. The predicted octanol–water partition coefficient (Wildman–Crippen LogP) is 6.87. The van der Waals surface area contributed by atoms with Gasteiger partial charge in [0, 0.05) is 32.3 Å². The number of carbonyl (C=O) groups excluding carboxylic acids is 1. The van der Waals surface area contributed by atoms with Gasteiger partial charge in [-0.3, -0.25) is 4.79 Å². The van der Waals surface area contributed by atoms with Gasteiger partial charge >= 0.3 is 5.97 Å². The summed E-state index contributed by atoms with van der Waals surface area (Å²) < 4.78 is 0.808. The molecular weight excluding hydrogens is 444 g/mol. The second-order valence-electron chi connectivity index (χ2n) is 7.52. The molecule has 0 spiro atoms. The van der Waals surface area contributed by atoms with Crippen molar-refractivity contribution in [3.63, 3.8) is 0 Å². The maximum Gasteiger partial charge on any atom is 0.328 e. The van der Waals surface area contributed by atoms with Gasteiger partial charge in [0.2, 0.25) is 5.78 Å². The maximum atomic E-state index is 13.7. The fourth-order valence-corrected chi connectivity index (χ4v) is 5.37. The number of carbonyl (C=O) groups is 2. The highest BCUT2D eigenvalue weighted by Gasteiger charge is 2.24. The fourth-order valence-electron chi connectivity index (χ4n) is 3.84. The number of aromatic hydroxyl groups is 1. The summed E-state index contributed by atoms with van der Waals surface area (Å²) in [6.07, 6.45) is 2.60. The maximum absolute atomic E-state index is 13.7. The molecule has 0 bridgehead atoms. The SMILES string of the molecule is Cc1cc(Cl)cc(C)c1C(=O)c1sc2cc(O)ccc2c1-c1ccc(/C=C/C(=O)O)cc1. The van der Waals surface area contributed by atoms with E-state index in [4.69, 9.17) is 16.7 Å². The number of thiophene rings is 1. The van der Waals surface area contributed by atoms with Crippen LogP contribution in [0.5, 0.6) is 5.75 Å². The zero-order chi connectivity index (χ0) is 23.0. The van der Waals surface area contributed by atoms with Gasteiger partial charge in [0.25, 0.3) is 0 Å².